The first-order valence-corrected chi connectivity index (χ1v) is 10.0. The van der Waals surface area contributed by atoms with Gasteiger partial charge in [0.15, 0.2) is 5.65 Å². The fraction of sp³-hybridized carbons (Fsp3) is 0.312. The van der Waals surface area contributed by atoms with Crippen molar-refractivity contribution in [2.45, 2.75) is 4.90 Å². The highest BCUT2D eigenvalue weighted by Crippen LogP contribution is 2.24. The van der Waals surface area contributed by atoms with E-state index in [4.69, 9.17) is 5.14 Å². The van der Waals surface area contributed by atoms with Crippen LogP contribution in [0.25, 0.3) is 11.0 Å². The highest BCUT2D eigenvalue weighted by Gasteiger charge is 2.23. The van der Waals surface area contributed by atoms with Crippen molar-refractivity contribution in [1.29, 1.82) is 0 Å². The van der Waals surface area contributed by atoms with E-state index in [1.54, 1.807) is 11.9 Å². The molecule has 1 aromatic carbocycles. The maximum absolute atomic E-state index is 14.4. The Morgan fingerprint density at radius 2 is 1.86 bits per heavy atom. The zero-order valence-electron chi connectivity index (χ0n) is 15.0. The van der Waals surface area contributed by atoms with Crippen LogP contribution < -0.4 is 20.5 Å². The Balaban J connectivity index is 1.54. The number of hydrogen-bond donors (Lipinski definition) is 2. The fourth-order valence-electron chi connectivity index (χ4n) is 3.25. The first-order valence-electron chi connectivity index (χ1n) is 8.48. The van der Waals surface area contributed by atoms with E-state index < -0.39 is 15.8 Å². The summed E-state index contributed by atoms with van der Waals surface area (Å²) in [6, 6.07) is 3.62. The van der Waals surface area contributed by atoms with Crippen LogP contribution in [0.5, 0.6) is 0 Å². The Kier molecular flexibility index (Phi) is 4.31. The summed E-state index contributed by atoms with van der Waals surface area (Å²) in [7, 11) is -2.24. The molecule has 4 rings (SSSR count). The maximum Gasteiger partial charge on any atom is 0.263 e. The van der Waals surface area contributed by atoms with Gasteiger partial charge in [0.2, 0.25) is 16.0 Å². The number of aromatic nitrogens is 4. The summed E-state index contributed by atoms with van der Waals surface area (Å²) in [4.78, 5) is 22.9. The van der Waals surface area contributed by atoms with Crippen LogP contribution >= 0.6 is 0 Å². The number of hydrogen-bond acceptors (Lipinski definition) is 7. The average Bonchev–Trinajstić information content (AvgIpc) is 3.03. The number of halogens is 1. The van der Waals surface area contributed by atoms with E-state index in [1.165, 1.54) is 23.0 Å². The van der Waals surface area contributed by atoms with E-state index in [9.17, 15) is 17.6 Å². The van der Waals surface area contributed by atoms with E-state index >= 15 is 0 Å². The Labute approximate surface area is 159 Å². The summed E-state index contributed by atoms with van der Waals surface area (Å²) < 4.78 is 38.6. The molecule has 0 bridgehead atoms. The Bertz CT molecular complexity index is 1210. The number of nitrogens with one attached hydrogen (secondary N) is 1. The van der Waals surface area contributed by atoms with E-state index in [2.05, 4.69) is 15.1 Å². The third-order valence-electron chi connectivity index (χ3n) is 4.76. The van der Waals surface area contributed by atoms with Crippen LogP contribution in [0.4, 0.5) is 16.0 Å². The van der Waals surface area contributed by atoms with Gasteiger partial charge in [0.25, 0.3) is 5.56 Å². The molecule has 1 aliphatic heterocycles. The van der Waals surface area contributed by atoms with Gasteiger partial charge in [-0.05, 0) is 18.2 Å². The molecule has 2 aromatic heterocycles. The Morgan fingerprint density at radius 3 is 2.50 bits per heavy atom. The van der Waals surface area contributed by atoms with E-state index in [0.29, 0.717) is 48.8 Å². The van der Waals surface area contributed by atoms with Crippen LogP contribution in [0, 0.1) is 5.82 Å². The number of nitrogens with two attached hydrogens (primary N) is 1. The molecule has 10 nitrogen and oxygen atoms in total. The third-order valence-corrected chi connectivity index (χ3v) is 5.67. The van der Waals surface area contributed by atoms with Gasteiger partial charge in [0.05, 0.1) is 16.8 Å². The molecule has 1 saturated heterocycles. The van der Waals surface area contributed by atoms with E-state index in [0.717, 1.165) is 6.07 Å². The number of fused-ring (bicyclic) bond motifs is 1. The first-order chi connectivity index (χ1) is 13.2. The van der Waals surface area contributed by atoms with Gasteiger partial charge in [-0.3, -0.25) is 14.5 Å². The lowest BCUT2D eigenvalue weighted by Gasteiger charge is -2.36. The first kappa shape index (κ1) is 18.4. The monoisotopic (exact) mass is 407 g/mol. The number of benzene rings is 1. The molecule has 0 saturated carbocycles. The standard InChI is InChI=1S/C16H18FN7O3S/c1-22-14-11(9-19-22)15(25)21-16(20-14)24-6-4-23(5-7-24)13-3-2-10(8-12(13)17)28(18,26)27/h2-3,8-9H,4-7H2,1H3,(H2,18,26,27)(H,20,21,25). The molecular weight excluding hydrogens is 389 g/mol. The number of anilines is 2. The molecule has 148 valence electrons. The van der Waals surface area contributed by atoms with Gasteiger partial charge < -0.3 is 9.80 Å². The normalized spacial score (nSPS) is 15.4. The molecule has 0 aliphatic carbocycles. The van der Waals surface area contributed by atoms with Crippen LogP contribution in [0.15, 0.2) is 34.1 Å². The van der Waals surface area contributed by atoms with Crippen LogP contribution in [0.2, 0.25) is 0 Å². The second-order valence-electron chi connectivity index (χ2n) is 6.53. The molecule has 1 aliphatic rings. The van der Waals surface area contributed by atoms with Crippen molar-refractivity contribution in [1.82, 2.24) is 19.7 Å². The van der Waals surface area contributed by atoms with Crippen LogP contribution in [-0.4, -0.2) is 54.3 Å². The molecule has 3 aromatic rings. The van der Waals surface area contributed by atoms with Crippen molar-refractivity contribution in [3.63, 3.8) is 0 Å². The number of aromatic amines is 1. The van der Waals surface area contributed by atoms with Crippen molar-refractivity contribution in [3.8, 4) is 0 Å². The molecule has 0 amide bonds. The lowest BCUT2D eigenvalue weighted by molar-refractivity contribution is 0.583. The lowest BCUT2D eigenvalue weighted by atomic mass is 10.2. The van der Waals surface area contributed by atoms with Crippen LogP contribution in [0.3, 0.4) is 0 Å². The van der Waals surface area contributed by atoms with Crippen LogP contribution in [0.1, 0.15) is 0 Å². The average molecular weight is 407 g/mol. The lowest BCUT2D eigenvalue weighted by Crippen LogP contribution is -2.47. The molecule has 0 spiro atoms. The SMILES string of the molecule is Cn1ncc2c(=O)[nH]c(N3CCN(c4ccc(S(N)(=O)=O)cc4F)CC3)nc21. The van der Waals surface area contributed by atoms with Crippen molar-refractivity contribution in [2.24, 2.45) is 12.2 Å². The van der Waals surface area contributed by atoms with E-state index in [1.807, 2.05) is 4.90 Å². The predicted molar refractivity (Wildman–Crippen MR) is 101 cm³/mol. The van der Waals surface area contributed by atoms with Gasteiger partial charge in [-0.2, -0.15) is 10.1 Å². The minimum absolute atomic E-state index is 0.264. The minimum atomic E-state index is -3.95. The summed E-state index contributed by atoms with van der Waals surface area (Å²) in [5.41, 5.74) is 0.529. The van der Waals surface area contributed by atoms with Crippen LogP contribution in [-0.2, 0) is 17.1 Å². The quantitative estimate of drug-likeness (QED) is 0.613. The number of aryl methyl sites for hydroxylation is 1. The van der Waals surface area contributed by atoms with E-state index in [-0.39, 0.29) is 10.5 Å². The number of primary sulfonamides is 1. The smallest absolute Gasteiger partial charge is 0.263 e. The predicted octanol–water partition coefficient (Wildman–Crippen LogP) is -0.230. The Morgan fingerprint density at radius 1 is 1.18 bits per heavy atom. The number of rotatable bonds is 3. The van der Waals surface area contributed by atoms with Gasteiger partial charge in [0, 0.05) is 33.2 Å². The summed E-state index contributed by atoms with van der Waals surface area (Å²) in [6.45, 7) is 1.95. The van der Waals surface area contributed by atoms with Gasteiger partial charge >= 0.3 is 0 Å². The highest BCUT2D eigenvalue weighted by atomic mass is 32.2. The largest absolute Gasteiger partial charge is 0.366 e. The molecule has 3 heterocycles. The van der Waals surface area contributed by atoms with Crippen molar-refractivity contribution in [2.75, 3.05) is 36.0 Å². The maximum atomic E-state index is 14.4. The third kappa shape index (κ3) is 3.20. The van der Waals surface area contributed by atoms with Crippen molar-refractivity contribution >= 4 is 32.7 Å². The number of sulfonamides is 1. The molecule has 0 unspecified atom stereocenters. The highest BCUT2D eigenvalue weighted by molar-refractivity contribution is 7.89. The second kappa shape index (κ2) is 6.56. The topological polar surface area (TPSA) is 130 Å². The molecule has 0 atom stereocenters. The number of nitrogens with zero attached hydrogens (tertiary/aromatic N) is 5. The van der Waals surface area contributed by atoms with Gasteiger partial charge in [-0.1, -0.05) is 0 Å². The second-order valence-corrected chi connectivity index (χ2v) is 8.09. The zero-order chi connectivity index (χ0) is 20.1. The minimum Gasteiger partial charge on any atom is -0.366 e. The molecule has 0 radical (unpaired) electrons. The summed E-state index contributed by atoms with van der Waals surface area (Å²) in [5, 5.41) is 9.50. The summed E-state index contributed by atoms with van der Waals surface area (Å²) >= 11 is 0. The zero-order valence-corrected chi connectivity index (χ0v) is 15.8. The summed E-state index contributed by atoms with van der Waals surface area (Å²) in [6.07, 6.45) is 1.47. The number of H-pyrrole nitrogens is 1. The fourth-order valence-corrected chi connectivity index (χ4v) is 3.78. The van der Waals surface area contributed by atoms with Gasteiger partial charge in [0.1, 0.15) is 11.2 Å². The molecular formula is C16H18FN7O3S. The van der Waals surface area contributed by atoms with Gasteiger partial charge in [-0.25, -0.2) is 17.9 Å². The summed E-state index contributed by atoms with van der Waals surface area (Å²) in [5.74, 6) is -0.214. The van der Waals surface area contributed by atoms with Crippen molar-refractivity contribution in [3.05, 3.63) is 40.6 Å². The molecule has 1 fully saturated rings. The van der Waals surface area contributed by atoms with Crippen molar-refractivity contribution < 1.29 is 12.8 Å². The number of piperazine rings is 1. The molecule has 28 heavy (non-hydrogen) atoms. The molecule has 3 N–H and O–H groups in total. The van der Waals surface area contributed by atoms with Gasteiger partial charge in [-0.15, -0.1) is 0 Å². The Hall–Kier alpha value is -2.99. The molecule has 12 heteroatoms.